The number of H-pyrrole nitrogens is 1. The van der Waals surface area contributed by atoms with E-state index in [1.807, 2.05) is 48.7 Å². The fraction of sp³-hybridized carbons (Fsp3) is 0.0909. The van der Waals surface area contributed by atoms with Crippen LogP contribution in [0.4, 0.5) is 15.8 Å². The normalized spacial score (nSPS) is 15.0. The minimum Gasteiger partial charge on any atom is -0.488 e. The Labute approximate surface area is 264 Å². The van der Waals surface area contributed by atoms with E-state index in [2.05, 4.69) is 20.9 Å². The summed E-state index contributed by atoms with van der Waals surface area (Å²) in [6.07, 6.45) is 4.31. The number of nitrogens with one attached hydrogen (secondary N) is 1. The molecule has 6 rings (SSSR count). The van der Waals surface area contributed by atoms with Gasteiger partial charge in [-0.15, -0.1) is 0 Å². The van der Waals surface area contributed by atoms with Crippen LogP contribution in [0, 0.1) is 15.9 Å². The summed E-state index contributed by atoms with van der Waals surface area (Å²) < 4.78 is 20.2. The van der Waals surface area contributed by atoms with E-state index in [9.17, 15) is 19.3 Å². The number of hydrogen-bond donors (Lipinski definition) is 1. The Hall–Kier alpha value is -4.74. The smallest absolute Gasteiger partial charge is 0.269 e. The second kappa shape index (κ2) is 12.9. The van der Waals surface area contributed by atoms with E-state index in [0.717, 1.165) is 26.5 Å². The van der Waals surface area contributed by atoms with E-state index in [1.165, 1.54) is 36.0 Å². The summed E-state index contributed by atoms with van der Waals surface area (Å²) in [4.78, 5) is 34.6. The van der Waals surface area contributed by atoms with Crippen molar-refractivity contribution in [1.29, 1.82) is 0 Å². The molecule has 1 saturated heterocycles. The zero-order chi connectivity index (χ0) is 30.6. The van der Waals surface area contributed by atoms with Gasteiger partial charge in [0.1, 0.15) is 18.2 Å². The van der Waals surface area contributed by atoms with Gasteiger partial charge in [-0.25, -0.2) is 9.38 Å². The predicted octanol–water partition coefficient (Wildman–Crippen LogP) is 8.40. The number of aromatic nitrogens is 1. The number of ether oxygens (including phenoxy) is 1. The number of aliphatic imine (C=N–C) groups is 1. The van der Waals surface area contributed by atoms with Crippen molar-refractivity contribution in [3.63, 3.8) is 0 Å². The topological polar surface area (TPSA) is 101 Å². The zero-order valence-corrected chi connectivity index (χ0v) is 25.5. The Balaban J connectivity index is 1.30. The number of non-ortho nitro benzene ring substituents is 1. The summed E-state index contributed by atoms with van der Waals surface area (Å²) in [5, 5.41) is 12.7. The van der Waals surface area contributed by atoms with E-state index >= 15 is 0 Å². The minimum atomic E-state index is -0.465. The number of aromatic amines is 1. The van der Waals surface area contributed by atoms with Crippen LogP contribution in [0.3, 0.4) is 0 Å². The van der Waals surface area contributed by atoms with Gasteiger partial charge in [0, 0.05) is 45.8 Å². The summed E-state index contributed by atoms with van der Waals surface area (Å²) in [6.45, 7) is 0.603. The number of benzene rings is 4. The molecule has 4 aromatic carbocycles. The van der Waals surface area contributed by atoms with Crippen molar-refractivity contribution < 1.29 is 18.8 Å². The standard InChI is InChI=1S/C33H24BrFN4O4S/c34-24-7-14-30(43-20-21-5-8-25(35)9-6-21)23(17-24)18-31-32(40)38(16-15-22-19-36-29-4-2-1-3-28(22)29)33(44-31)37-26-10-12-27(13-11-26)39(41)42/h1-14,17-19,36H,15-16,20H2/b31-18-,37-33?. The molecule has 1 N–H and O–H groups in total. The van der Waals surface area contributed by atoms with Crippen LogP contribution in [0.5, 0.6) is 5.75 Å². The SMILES string of the molecule is O=C1/C(=C/c2cc(Br)ccc2OCc2ccc(F)cc2)SC(=Nc2ccc([N+](=O)[O-])cc2)N1CCc1c[nH]c2ccccc12. The fourth-order valence-corrected chi connectivity index (χ4v) is 6.16. The quantitative estimate of drug-likeness (QED) is 0.0964. The third kappa shape index (κ3) is 6.58. The number of halogens is 2. The third-order valence-electron chi connectivity index (χ3n) is 7.02. The maximum Gasteiger partial charge on any atom is 0.269 e. The summed E-state index contributed by atoms with van der Waals surface area (Å²) in [6, 6.07) is 25.5. The van der Waals surface area contributed by atoms with E-state index in [1.54, 1.807) is 35.2 Å². The Bertz CT molecular complexity index is 1920. The highest BCUT2D eigenvalue weighted by Gasteiger charge is 2.33. The maximum absolute atomic E-state index is 13.9. The number of nitro groups is 1. The monoisotopic (exact) mass is 670 g/mol. The lowest BCUT2D eigenvalue weighted by atomic mass is 10.1. The van der Waals surface area contributed by atoms with Gasteiger partial charge < -0.3 is 9.72 Å². The van der Waals surface area contributed by atoms with Gasteiger partial charge in [0.25, 0.3) is 11.6 Å². The van der Waals surface area contributed by atoms with Crippen LogP contribution in [-0.4, -0.2) is 32.4 Å². The lowest BCUT2D eigenvalue weighted by Gasteiger charge is -2.15. The molecule has 0 unspecified atom stereocenters. The molecule has 1 aliphatic rings. The van der Waals surface area contributed by atoms with Gasteiger partial charge in [-0.2, -0.15) is 0 Å². The Kier molecular flexibility index (Phi) is 8.58. The van der Waals surface area contributed by atoms with Gasteiger partial charge in [-0.3, -0.25) is 19.8 Å². The van der Waals surface area contributed by atoms with Crippen molar-refractivity contribution >= 4 is 67.1 Å². The van der Waals surface area contributed by atoms with Crippen LogP contribution in [-0.2, 0) is 17.8 Å². The van der Waals surface area contributed by atoms with E-state index in [4.69, 9.17) is 9.73 Å². The predicted molar refractivity (Wildman–Crippen MR) is 174 cm³/mol. The second-order valence-electron chi connectivity index (χ2n) is 9.94. The van der Waals surface area contributed by atoms with Crippen LogP contribution in [0.25, 0.3) is 17.0 Å². The van der Waals surface area contributed by atoms with Crippen LogP contribution in [0.1, 0.15) is 16.7 Å². The molecule has 1 amide bonds. The molecule has 0 aliphatic carbocycles. The molecule has 1 fully saturated rings. The second-order valence-corrected chi connectivity index (χ2v) is 11.9. The van der Waals surface area contributed by atoms with E-state index in [0.29, 0.717) is 40.0 Å². The van der Waals surface area contributed by atoms with Crippen LogP contribution in [0.15, 0.2) is 112 Å². The molecule has 44 heavy (non-hydrogen) atoms. The molecule has 0 saturated carbocycles. The number of rotatable bonds is 9. The van der Waals surface area contributed by atoms with Gasteiger partial charge in [0.15, 0.2) is 5.17 Å². The number of amides is 1. The largest absolute Gasteiger partial charge is 0.488 e. The number of carbonyl (C=O) groups excluding carboxylic acids is 1. The lowest BCUT2D eigenvalue weighted by molar-refractivity contribution is -0.384. The molecule has 1 aliphatic heterocycles. The third-order valence-corrected chi connectivity index (χ3v) is 8.52. The molecule has 2 heterocycles. The molecule has 0 spiro atoms. The van der Waals surface area contributed by atoms with Crippen molar-refractivity contribution in [2.24, 2.45) is 4.99 Å². The first-order valence-electron chi connectivity index (χ1n) is 13.6. The Morgan fingerprint density at radius 3 is 2.59 bits per heavy atom. The lowest BCUT2D eigenvalue weighted by Crippen LogP contribution is -2.31. The molecule has 0 bridgehead atoms. The summed E-state index contributed by atoms with van der Waals surface area (Å²) in [7, 11) is 0. The van der Waals surface area contributed by atoms with E-state index < -0.39 is 4.92 Å². The highest BCUT2D eigenvalue weighted by Crippen LogP contribution is 2.37. The molecular weight excluding hydrogens is 647 g/mol. The number of carbonyl (C=O) groups is 1. The van der Waals surface area contributed by atoms with Gasteiger partial charge in [-0.05, 0) is 83.9 Å². The molecule has 11 heteroatoms. The van der Waals surface area contributed by atoms with Crippen molar-refractivity contribution in [2.75, 3.05) is 6.54 Å². The van der Waals surface area contributed by atoms with Crippen molar-refractivity contribution in [2.45, 2.75) is 13.0 Å². The first kappa shape index (κ1) is 29.3. The highest BCUT2D eigenvalue weighted by molar-refractivity contribution is 9.10. The molecule has 0 atom stereocenters. The number of thioether (sulfide) groups is 1. The molecule has 1 aromatic heterocycles. The van der Waals surface area contributed by atoms with E-state index in [-0.39, 0.29) is 24.0 Å². The molecule has 220 valence electrons. The van der Waals surface area contributed by atoms with Gasteiger partial charge in [0.2, 0.25) is 0 Å². The van der Waals surface area contributed by atoms with Gasteiger partial charge in [-0.1, -0.05) is 46.3 Å². The van der Waals surface area contributed by atoms with Crippen molar-refractivity contribution in [3.05, 3.63) is 139 Å². The molecular formula is C33H24BrFN4O4S. The first-order chi connectivity index (χ1) is 21.3. The molecule has 5 aromatic rings. The number of para-hydroxylation sites is 1. The van der Waals surface area contributed by atoms with Crippen LogP contribution < -0.4 is 4.74 Å². The maximum atomic E-state index is 13.9. The zero-order valence-electron chi connectivity index (χ0n) is 23.1. The van der Waals surface area contributed by atoms with Crippen LogP contribution >= 0.6 is 27.7 Å². The molecule has 0 radical (unpaired) electrons. The van der Waals surface area contributed by atoms with Crippen molar-refractivity contribution in [3.8, 4) is 5.75 Å². The highest BCUT2D eigenvalue weighted by atomic mass is 79.9. The number of fused-ring (bicyclic) bond motifs is 1. The summed E-state index contributed by atoms with van der Waals surface area (Å²) >= 11 is 4.74. The van der Waals surface area contributed by atoms with Gasteiger partial charge in [0.05, 0.1) is 15.5 Å². The fourth-order valence-electron chi connectivity index (χ4n) is 4.77. The number of nitro benzene ring substituents is 1. The summed E-state index contributed by atoms with van der Waals surface area (Å²) in [5.74, 6) is 0.0320. The number of amidine groups is 1. The van der Waals surface area contributed by atoms with Crippen LogP contribution in [0.2, 0.25) is 0 Å². The van der Waals surface area contributed by atoms with Gasteiger partial charge >= 0.3 is 0 Å². The first-order valence-corrected chi connectivity index (χ1v) is 15.2. The average Bonchev–Trinajstić information content (AvgIpc) is 3.56. The summed E-state index contributed by atoms with van der Waals surface area (Å²) in [5.41, 5.74) is 4.05. The minimum absolute atomic E-state index is 0.0382. The number of hydrogen-bond acceptors (Lipinski definition) is 6. The van der Waals surface area contributed by atoms with Crippen molar-refractivity contribution in [1.82, 2.24) is 9.88 Å². The number of nitrogens with zero attached hydrogens (tertiary/aromatic N) is 3. The Morgan fingerprint density at radius 1 is 1.05 bits per heavy atom. The molecule has 8 nitrogen and oxygen atoms in total. The Morgan fingerprint density at radius 2 is 1.82 bits per heavy atom. The average molecular weight is 672 g/mol.